The Morgan fingerprint density at radius 2 is 2.00 bits per heavy atom. The predicted molar refractivity (Wildman–Crippen MR) is 80.5 cm³/mol. The number of aromatic nitrogens is 2. The van der Waals surface area contributed by atoms with Crippen LogP contribution in [0.5, 0.6) is 0 Å². The van der Waals surface area contributed by atoms with Crippen LogP contribution in [-0.2, 0) is 6.54 Å². The third-order valence-corrected chi connectivity index (χ3v) is 3.28. The molecule has 1 aromatic heterocycles. The second kappa shape index (κ2) is 7.19. The molecule has 0 radical (unpaired) electrons. The molecule has 0 amide bonds. The second-order valence-electron chi connectivity index (χ2n) is 5.43. The van der Waals surface area contributed by atoms with E-state index in [1.54, 1.807) is 4.68 Å². The van der Waals surface area contributed by atoms with Crippen LogP contribution in [0.2, 0.25) is 0 Å². The first kappa shape index (κ1) is 15.5. The molecule has 0 unspecified atom stereocenters. The molecule has 21 heavy (non-hydrogen) atoms. The molecule has 1 heterocycles. The first-order valence-corrected chi connectivity index (χ1v) is 7.13. The van der Waals surface area contributed by atoms with Gasteiger partial charge in [-0.05, 0) is 50.5 Å². The molecule has 6 nitrogen and oxygen atoms in total. The third-order valence-electron chi connectivity index (χ3n) is 3.28. The van der Waals surface area contributed by atoms with Gasteiger partial charge in [0.05, 0.1) is 6.54 Å². The molecule has 0 saturated carbocycles. The number of aryl methyl sites for hydroxylation is 1. The fourth-order valence-corrected chi connectivity index (χ4v) is 2.07. The molecular formula is C15H23N4O2+. The molecule has 0 aliphatic rings. The van der Waals surface area contributed by atoms with E-state index in [9.17, 15) is 4.79 Å². The number of benzene rings is 1. The number of hydrogen-bond donors (Lipinski definition) is 2. The van der Waals surface area contributed by atoms with E-state index in [1.807, 2.05) is 45.3 Å². The lowest BCUT2D eigenvalue weighted by molar-refractivity contribution is -0.677. The van der Waals surface area contributed by atoms with Crippen molar-refractivity contribution in [1.82, 2.24) is 15.5 Å². The summed E-state index contributed by atoms with van der Waals surface area (Å²) in [6.07, 6.45) is 1.04. The third kappa shape index (κ3) is 4.27. The number of H-pyrrole nitrogens is 1. The number of nitrogens with one attached hydrogen (secondary N) is 2. The van der Waals surface area contributed by atoms with Crippen molar-refractivity contribution in [2.75, 3.05) is 27.2 Å². The Bertz CT molecular complexity index is 613. The zero-order chi connectivity index (χ0) is 15.2. The zero-order valence-corrected chi connectivity index (χ0v) is 12.8. The fraction of sp³-hybridized carbons (Fsp3) is 0.467. The molecule has 2 rings (SSSR count). The van der Waals surface area contributed by atoms with E-state index in [0.717, 1.165) is 25.2 Å². The van der Waals surface area contributed by atoms with Crippen molar-refractivity contribution < 1.29 is 9.20 Å². The maximum Gasteiger partial charge on any atom is 0.431 e. The summed E-state index contributed by atoms with van der Waals surface area (Å²) >= 11 is 0. The van der Waals surface area contributed by atoms with Crippen molar-refractivity contribution in [2.45, 2.75) is 19.9 Å². The van der Waals surface area contributed by atoms with Crippen LogP contribution in [0.25, 0.3) is 5.69 Å². The van der Waals surface area contributed by atoms with E-state index >= 15 is 0 Å². The first-order chi connectivity index (χ1) is 10.1. The largest absolute Gasteiger partial charge is 0.431 e. The highest BCUT2D eigenvalue weighted by atomic mass is 16.5. The minimum Gasteiger partial charge on any atom is -0.309 e. The van der Waals surface area contributed by atoms with E-state index < -0.39 is 0 Å². The van der Waals surface area contributed by atoms with Crippen LogP contribution in [0, 0.1) is 6.92 Å². The van der Waals surface area contributed by atoms with Crippen molar-refractivity contribution in [3.05, 3.63) is 45.9 Å². The van der Waals surface area contributed by atoms with Gasteiger partial charge in [-0.15, -0.1) is 0 Å². The molecule has 6 heteroatoms. The minimum absolute atomic E-state index is 0.337. The van der Waals surface area contributed by atoms with Gasteiger partial charge in [0.15, 0.2) is 0 Å². The van der Waals surface area contributed by atoms with Gasteiger partial charge >= 0.3 is 11.3 Å². The van der Waals surface area contributed by atoms with Gasteiger partial charge in [-0.3, -0.25) is 4.52 Å². The molecule has 0 aliphatic carbocycles. The molecule has 2 aromatic rings. The molecular weight excluding hydrogens is 268 g/mol. The smallest absolute Gasteiger partial charge is 0.309 e. The lowest BCUT2D eigenvalue weighted by Crippen LogP contribution is -2.41. The molecule has 0 aliphatic heterocycles. The summed E-state index contributed by atoms with van der Waals surface area (Å²) < 4.78 is 6.59. The van der Waals surface area contributed by atoms with Crippen molar-refractivity contribution in [2.24, 2.45) is 0 Å². The minimum atomic E-state index is -0.337. The summed E-state index contributed by atoms with van der Waals surface area (Å²) in [7, 11) is 4.10. The number of rotatable bonds is 7. The first-order valence-electron chi connectivity index (χ1n) is 7.13. The van der Waals surface area contributed by atoms with Gasteiger partial charge in [0.25, 0.3) is 0 Å². The summed E-state index contributed by atoms with van der Waals surface area (Å²) in [5, 5.41) is 5.93. The van der Waals surface area contributed by atoms with Crippen molar-refractivity contribution >= 4 is 0 Å². The average Bonchev–Trinajstić information content (AvgIpc) is 2.80. The van der Waals surface area contributed by atoms with Gasteiger partial charge in [-0.25, -0.2) is 4.79 Å². The number of hydrogen-bond acceptors (Lipinski definition) is 4. The Balaban J connectivity index is 2.01. The van der Waals surface area contributed by atoms with E-state index in [2.05, 4.69) is 15.5 Å². The standard InChI is InChI=1S/C15H22N4O2/c1-12-5-7-13(8-6-12)19-14(15(20)21-17-19)11-16-9-4-10-18(2)3/h5-8,16H,4,9-11H2,1-3H3/p+1. The molecule has 0 atom stereocenters. The summed E-state index contributed by atoms with van der Waals surface area (Å²) in [5.74, 6) is 0. The van der Waals surface area contributed by atoms with Gasteiger partial charge in [0.2, 0.25) is 5.69 Å². The molecule has 114 valence electrons. The quantitative estimate of drug-likeness (QED) is 0.579. The monoisotopic (exact) mass is 291 g/mol. The maximum atomic E-state index is 11.8. The SMILES string of the molecule is Cc1ccc(-[n+]2[nH]oc(=O)c2CNCCCN(C)C)cc1. The van der Waals surface area contributed by atoms with Crippen LogP contribution in [0.15, 0.2) is 33.6 Å². The Hall–Kier alpha value is -1.92. The van der Waals surface area contributed by atoms with E-state index in [0.29, 0.717) is 12.2 Å². The number of nitrogens with zero attached hydrogens (tertiary/aromatic N) is 2. The van der Waals surface area contributed by atoms with Gasteiger partial charge in [-0.1, -0.05) is 17.7 Å². The molecule has 0 fully saturated rings. The Labute approximate surface area is 124 Å². The Morgan fingerprint density at radius 3 is 2.67 bits per heavy atom. The fourth-order valence-electron chi connectivity index (χ4n) is 2.07. The van der Waals surface area contributed by atoms with Gasteiger partial charge in [-0.2, -0.15) is 0 Å². The molecule has 0 spiro atoms. The normalized spacial score (nSPS) is 11.2. The van der Waals surface area contributed by atoms with Crippen LogP contribution in [0.1, 0.15) is 17.7 Å². The van der Waals surface area contributed by atoms with Crippen molar-refractivity contribution in [3.8, 4) is 5.69 Å². The summed E-state index contributed by atoms with van der Waals surface area (Å²) in [4.78, 5) is 13.9. The highest BCUT2D eigenvalue weighted by Crippen LogP contribution is 2.02. The second-order valence-corrected chi connectivity index (χ2v) is 5.43. The van der Waals surface area contributed by atoms with Crippen LogP contribution < -0.4 is 15.6 Å². The topological polar surface area (TPSA) is 65.2 Å². The predicted octanol–water partition coefficient (Wildman–Crippen LogP) is 0.594. The lowest BCUT2D eigenvalue weighted by atomic mass is 10.2. The van der Waals surface area contributed by atoms with Crippen molar-refractivity contribution in [1.29, 1.82) is 0 Å². The van der Waals surface area contributed by atoms with Crippen LogP contribution in [-0.4, -0.2) is 37.4 Å². The van der Waals surface area contributed by atoms with Gasteiger partial charge in [0.1, 0.15) is 0 Å². The van der Waals surface area contributed by atoms with E-state index in [4.69, 9.17) is 4.52 Å². The summed E-state index contributed by atoms with van der Waals surface area (Å²) in [5.41, 5.74) is 2.30. The van der Waals surface area contributed by atoms with Gasteiger partial charge < -0.3 is 10.2 Å². The Kier molecular flexibility index (Phi) is 5.30. The number of aromatic amines is 1. The average molecular weight is 291 g/mol. The van der Waals surface area contributed by atoms with Crippen molar-refractivity contribution in [3.63, 3.8) is 0 Å². The molecule has 0 saturated heterocycles. The molecule has 2 N–H and O–H groups in total. The zero-order valence-electron chi connectivity index (χ0n) is 12.8. The highest BCUT2D eigenvalue weighted by Gasteiger charge is 2.22. The summed E-state index contributed by atoms with van der Waals surface area (Å²) in [6, 6.07) is 7.91. The van der Waals surface area contributed by atoms with Gasteiger partial charge in [0, 0.05) is 12.1 Å². The van der Waals surface area contributed by atoms with Crippen LogP contribution in [0.3, 0.4) is 0 Å². The maximum absolute atomic E-state index is 11.8. The van der Waals surface area contributed by atoms with E-state index in [-0.39, 0.29) is 5.63 Å². The molecule has 0 bridgehead atoms. The van der Waals surface area contributed by atoms with E-state index in [1.165, 1.54) is 5.56 Å². The Morgan fingerprint density at radius 1 is 1.29 bits per heavy atom. The lowest BCUT2D eigenvalue weighted by Gasteiger charge is -2.08. The van der Waals surface area contributed by atoms with Crippen LogP contribution >= 0.6 is 0 Å². The summed E-state index contributed by atoms with van der Waals surface area (Å²) in [6.45, 7) is 4.39. The molecule has 1 aromatic carbocycles. The highest BCUT2D eigenvalue weighted by molar-refractivity contribution is 5.26. The van der Waals surface area contributed by atoms with Crippen LogP contribution in [0.4, 0.5) is 0 Å².